The van der Waals surface area contributed by atoms with Crippen LogP contribution in [0.4, 0.5) is 5.82 Å². The minimum atomic E-state index is -0.825. The van der Waals surface area contributed by atoms with Crippen LogP contribution in [-0.2, 0) is 23.8 Å². The van der Waals surface area contributed by atoms with Crippen LogP contribution in [0.25, 0.3) is 0 Å². The van der Waals surface area contributed by atoms with Gasteiger partial charge in [-0.1, -0.05) is 19.0 Å². The molecule has 10 nitrogen and oxygen atoms in total. The van der Waals surface area contributed by atoms with Gasteiger partial charge in [-0.3, -0.25) is 4.79 Å². The summed E-state index contributed by atoms with van der Waals surface area (Å²) in [4.78, 5) is 30.0. The maximum Gasteiger partial charge on any atom is 0.329 e. The molecular formula is C25H41N3O7. The molecule has 0 spiro atoms. The SMILES string of the molecule is COC(OC)C1CCN(c2cc([C@@H](C(=O)N3C[C@H](O)C[C@H]3C(=O)OC(C)(C)C)C(C)C)on2)CC1. The maximum absolute atomic E-state index is 13.7. The van der Waals surface area contributed by atoms with Gasteiger partial charge in [0, 0.05) is 52.3 Å². The number of ether oxygens (including phenoxy) is 3. The Bertz CT molecular complexity index is 853. The Hall–Kier alpha value is -2.17. The molecule has 1 N–H and O–H groups in total. The van der Waals surface area contributed by atoms with Crippen molar-refractivity contribution < 1.29 is 33.4 Å². The fourth-order valence-corrected chi connectivity index (χ4v) is 5.02. The number of rotatable bonds is 8. The molecule has 3 heterocycles. The lowest BCUT2D eigenvalue weighted by molar-refractivity contribution is -0.163. The number of aliphatic hydroxyl groups is 1. The first kappa shape index (κ1) is 27.4. The molecular weight excluding hydrogens is 454 g/mol. The van der Waals surface area contributed by atoms with Gasteiger partial charge in [0.1, 0.15) is 17.6 Å². The van der Waals surface area contributed by atoms with E-state index in [1.807, 2.05) is 19.9 Å². The average Bonchev–Trinajstić information content (AvgIpc) is 3.41. The Morgan fingerprint density at radius 3 is 2.34 bits per heavy atom. The molecule has 2 aliphatic rings. The number of carbonyl (C=O) groups excluding carboxylic acids is 2. The molecule has 3 rings (SSSR count). The first-order chi connectivity index (χ1) is 16.4. The number of amides is 1. The summed E-state index contributed by atoms with van der Waals surface area (Å²) in [5, 5.41) is 14.5. The third kappa shape index (κ3) is 6.54. The van der Waals surface area contributed by atoms with Crippen LogP contribution >= 0.6 is 0 Å². The number of hydrogen-bond donors (Lipinski definition) is 1. The van der Waals surface area contributed by atoms with Crippen LogP contribution in [0.1, 0.15) is 65.6 Å². The summed E-state index contributed by atoms with van der Waals surface area (Å²) in [6, 6.07) is 0.996. The molecule has 0 radical (unpaired) electrons. The lowest BCUT2D eigenvalue weighted by atomic mass is 9.91. The number of β-amino-alcohol motifs (C(OH)–C–C–N with tert-alkyl or cyclic N) is 1. The highest BCUT2D eigenvalue weighted by Crippen LogP contribution is 2.34. The van der Waals surface area contributed by atoms with E-state index in [1.54, 1.807) is 35.0 Å². The van der Waals surface area contributed by atoms with E-state index in [4.69, 9.17) is 18.7 Å². The summed E-state index contributed by atoms with van der Waals surface area (Å²) in [6.07, 6.45) is 0.946. The number of aromatic nitrogens is 1. The van der Waals surface area contributed by atoms with E-state index >= 15 is 0 Å². The van der Waals surface area contributed by atoms with Gasteiger partial charge in [-0.15, -0.1) is 0 Å². The van der Waals surface area contributed by atoms with Gasteiger partial charge in [-0.25, -0.2) is 4.79 Å². The molecule has 0 unspecified atom stereocenters. The number of carbonyl (C=O) groups is 2. The minimum absolute atomic E-state index is 0.0840. The number of anilines is 1. The standard InChI is InChI=1S/C25H41N3O7/c1-15(2)21(22(30)28-14-17(29)12-18(28)23(31)34-25(3,4)5)19-13-20(26-35-19)27-10-8-16(9-11-27)24(32-6)33-7/h13,15-18,21,24,29H,8-12,14H2,1-7H3/t17-,18+,21+/m1/s1. The van der Waals surface area contributed by atoms with Crippen LogP contribution in [0.3, 0.4) is 0 Å². The highest BCUT2D eigenvalue weighted by molar-refractivity contribution is 5.89. The minimum Gasteiger partial charge on any atom is -0.458 e. The van der Waals surface area contributed by atoms with Gasteiger partial charge >= 0.3 is 5.97 Å². The normalized spacial score (nSPS) is 22.8. The highest BCUT2D eigenvalue weighted by Gasteiger charge is 2.45. The Kier molecular flexibility index (Phi) is 8.82. The number of nitrogens with zero attached hydrogens (tertiary/aromatic N) is 3. The van der Waals surface area contributed by atoms with E-state index < -0.39 is 29.6 Å². The van der Waals surface area contributed by atoms with E-state index in [9.17, 15) is 14.7 Å². The van der Waals surface area contributed by atoms with Crippen molar-refractivity contribution in [3.05, 3.63) is 11.8 Å². The predicted octanol–water partition coefficient (Wildman–Crippen LogP) is 2.55. The number of piperidine rings is 1. The van der Waals surface area contributed by atoms with Gasteiger partial charge in [-0.2, -0.15) is 0 Å². The van der Waals surface area contributed by atoms with Crippen molar-refractivity contribution in [1.29, 1.82) is 0 Å². The second-order valence-corrected chi connectivity index (χ2v) is 10.9. The van der Waals surface area contributed by atoms with Crippen molar-refractivity contribution in [2.24, 2.45) is 11.8 Å². The number of likely N-dealkylation sites (tertiary alicyclic amines) is 1. The van der Waals surface area contributed by atoms with Gasteiger partial charge in [0.15, 0.2) is 17.9 Å². The molecule has 0 saturated carbocycles. The Morgan fingerprint density at radius 2 is 1.80 bits per heavy atom. The number of esters is 1. The molecule has 1 amide bonds. The zero-order valence-electron chi connectivity index (χ0n) is 22.0. The predicted molar refractivity (Wildman–Crippen MR) is 129 cm³/mol. The van der Waals surface area contributed by atoms with Crippen molar-refractivity contribution >= 4 is 17.7 Å². The van der Waals surface area contributed by atoms with Gasteiger partial charge in [0.2, 0.25) is 5.91 Å². The molecule has 1 aromatic heterocycles. The van der Waals surface area contributed by atoms with E-state index in [2.05, 4.69) is 10.1 Å². The van der Waals surface area contributed by atoms with Crippen molar-refractivity contribution in [2.75, 3.05) is 38.8 Å². The van der Waals surface area contributed by atoms with E-state index in [0.717, 1.165) is 25.9 Å². The third-order valence-electron chi connectivity index (χ3n) is 6.71. The number of hydrogen-bond acceptors (Lipinski definition) is 9. The maximum atomic E-state index is 13.7. The van der Waals surface area contributed by atoms with Gasteiger partial charge < -0.3 is 33.6 Å². The second kappa shape index (κ2) is 11.3. The van der Waals surface area contributed by atoms with Gasteiger partial charge in [0.25, 0.3) is 0 Å². The molecule has 0 bridgehead atoms. The molecule has 3 atom stereocenters. The van der Waals surface area contributed by atoms with Crippen LogP contribution in [-0.4, -0.2) is 84.9 Å². The lowest BCUT2D eigenvalue weighted by Crippen LogP contribution is -2.46. The topological polar surface area (TPSA) is 115 Å². The highest BCUT2D eigenvalue weighted by atomic mass is 16.7. The fourth-order valence-electron chi connectivity index (χ4n) is 5.02. The molecule has 2 aliphatic heterocycles. The smallest absolute Gasteiger partial charge is 0.329 e. The molecule has 35 heavy (non-hydrogen) atoms. The van der Waals surface area contributed by atoms with E-state index in [1.165, 1.54) is 4.90 Å². The van der Waals surface area contributed by atoms with E-state index in [-0.39, 0.29) is 31.1 Å². The third-order valence-corrected chi connectivity index (χ3v) is 6.71. The van der Waals surface area contributed by atoms with Crippen molar-refractivity contribution in [2.45, 2.75) is 83.8 Å². The van der Waals surface area contributed by atoms with Crippen molar-refractivity contribution in [3.8, 4) is 0 Å². The first-order valence-corrected chi connectivity index (χ1v) is 12.4. The summed E-state index contributed by atoms with van der Waals surface area (Å²) in [6.45, 7) is 10.8. The number of methoxy groups -OCH3 is 2. The summed E-state index contributed by atoms with van der Waals surface area (Å²) in [5.41, 5.74) is -0.684. The number of aliphatic hydroxyl groups excluding tert-OH is 1. The van der Waals surface area contributed by atoms with Crippen LogP contribution in [0.15, 0.2) is 10.6 Å². The first-order valence-electron chi connectivity index (χ1n) is 12.4. The average molecular weight is 496 g/mol. The van der Waals surface area contributed by atoms with Gasteiger partial charge in [-0.05, 0) is 39.5 Å². The summed E-state index contributed by atoms with van der Waals surface area (Å²) < 4.78 is 22.0. The zero-order chi connectivity index (χ0) is 25.9. The Balaban J connectivity index is 1.73. The van der Waals surface area contributed by atoms with Crippen LogP contribution < -0.4 is 4.90 Å². The van der Waals surface area contributed by atoms with Crippen LogP contribution in [0.2, 0.25) is 0 Å². The molecule has 1 aromatic rings. The summed E-state index contributed by atoms with van der Waals surface area (Å²) in [7, 11) is 3.31. The summed E-state index contributed by atoms with van der Waals surface area (Å²) >= 11 is 0. The fraction of sp³-hybridized carbons (Fsp3) is 0.800. The molecule has 10 heteroatoms. The van der Waals surface area contributed by atoms with E-state index in [0.29, 0.717) is 17.5 Å². The zero-order valence-corrected chi connectivity index (χ0v) is 22.0. The molecule has 2 fully saturated rings. The molecule has 0 aromatic carbocycles. The lowest BCUT2D eigenvalue weighted by Gasteiger charge is -2.34. The Labute approximate surface area is 207 Å². The molecule has 2 saturated heterocycles. The van der Waals surface area contributed by atoms with Gasteiger partial charge in [0.05, 0.1) is 6.10 Å². The second-order valence-electron chi connectivity index (χ2n) is 10.9. The summed E-state index contributed by atoms with van der Waals surface area (Å²) in [5.74, 6) is -0.0468. The largest absolute Gasteiger partial charge is 0.458 e. The van der Waals surface area contributed by atoms with Crippen molar-refractivity contribution in [3.63, 3.8) is 0 Å². The molecule has 0 aliphatic carbocycles. The van der Waals surface area contributed by atoms with Crippen LogP contribution in [0.5, 0.6) is 0 Å². The monoisotopic (exact) mass is 495 g/mol. The van der Waals surface area contributed by atoms with Crippen molar-refractivity contribution in [1.82, 2.24) is 10.1 Å². The Morgan fingerprint density at radius 1 is 1.17 bits per heavy atom. The quantitative estimate of drug-likeness (QED) is 0.429. The molecule has 198 valence electrons. The van der Waals surface area contributed by atoms with Crippen LogP contribution in [0, 0.1) is 11.8 Å².